The summed E-state index contributed by atoms with van der Waals surface area (Å²) in [7, 11) is 1.65. The number of rotatable bonds is 7. The molecular formula is C7H15NO3S. The smallest absolute Gasteiger partial charge is 0.321 e. The number of carboxylic acid groups (broad SMARTS) is 1. The lowest BCUT2D eigenvalue weighted by Gasteiger charge is -2.04. The average Bonchev–Trinajstić information content (AvgIpc) is 2.03. The summed E-state index contributed by atoms with van der Waals surface area (Å²) in [5.74, 6) is 0.433. The molecule has 12 heavy (non-hydrogen) atoms. The first-order chi connectivity index (χ1) is 5.68. The minimum absolute atomic E-state index is 0.471. The first kappa shape index (κ1) is 11.7. The van der Waals surface area contributed by atoms with Crippen molar-refractivity contribution >= 4 is 17.7 Å². The summed E-state index contributed by atoms with van der Waals surface area (Å²) in [6, 6.07) is -0.738. The van der Waals surface area contributed by atoms with E-state index in [1.807, 2.05) is 0 Å². The van der Waals surface area contributed by atoms with Crippen LogP contribution in [0.5, 0.6) is 0 Å². The number of hydrogen-bond donors (Lipinski definition) is 2. The third-order valence-corrected chi connectivity index (χ3v) is 2.42. The Morgan fingerprint density at radius 2 is 2.42 bits per heavy atom. The molecule has 0 saturated heterocycles. The summed E-state index contributed by atoms with van der Waals surface area (Å²) in [6.45, 7) is 0.718. The summed E-state index contributed by atoms with van der Waals surface area (Å²) in [5, 5.41) is 8.42. The van der Waals surface area contributed by atoms with Gasteiger partial charge >= 0.3 is 5.97 Å². The van der Waals surface area contributed by atoms with Gasteiger partial charge in [0.15, 0.2) is 0 Å². The monoisotopic (exact) mass is 193 g/mol. The van der Waals surface area contributed by atoms with Crippen LogP contribution in [0.4, 0.5) is 0 Å². The van der Waals surface area contributed by atoms with E-state index in [1.54, 1.807) is 18.9 Å². The molecule has 0 rings (SSSR count). The van der Waals surface area contributed by atoms with Crippen LogP contribution in [0.25, 0.3) is 0 Å². The van der Waals surface area contributed by atoms with Gasteiger partial charge < -0.3 is 15.6 Å². The van der Waals surface area contributed by atoms with Crippen LogP contribution in [0.2, 0.25) is 0 Å². The zero-order valence-corrected chi connectivity index (χ0v) is 7.97. The molecule has 0 aliphatic heterocycles. The molecule has 0 bridgehead atoms. The fourth-order valence-electron chi connectivity index (χ4n) is 0.587. The normalized spacial score (nSPS) is 12.8. The lowest BCUT2D eigenvalue weighted by Crippen LogP contribution is -2.32. The molecule has 1 unspecified atom stereocenters. The van der Waals surface area contributed by atoms with Gasteiger partial charge in [0.25, 0.3) is 0 Å². The van der Waals surface area contributed by atoms with Crippen LogP contribution >= 0.6 is 11.8 Å². The molecule has 0 aromatic carbocycles. The maximum absolute atomic E-state index is 10.3. The maximum Gasteiger partial charge on any atom is 0.321 e. The Morgan fingerprint density at radius 3 is 2.92 bits per heavy atom. The standard InChI is InChI=1S/C7H15NO3S/c1-11-3-2-4-12-5-6(8)7(9)10/h6H,2-5,8H2,1H3,(H,9,10). The predicted molar refractivity (Wildman–Crippen MR) is 49.4 cm³/mol. The van der Waals surface area contributed by atoms with E-state index in [4.69, 9.17) is 15.6 Å². The van der Waals surface area contributed by atoms with Gasteiger partial charge in [-0.1, -0.05) is 0 Å². The van der Waals surface area contributed by atoms with E-state index >= 15 is 0 Å². The van der Waals surface area contributed by atoms with Gasteiger partial charge in [0.2, 0.25) is 0 Å². The Labute approximate surface area is 76.5 Å². The van der Waals surface area contributed by atoms with E-state index in [0.29, 0.717) is 5.75 Å². The van der Waals surface area contributed by atoms with Crippen molar-refractivity contribution in [3.63, 3.8) is 0 Å². The first-order valence-electron chi connectivity index (χ1n) is 3.73. The average molecular weight is 193 g/mol. The van der Waals surface area contributed by atoms with Crippen molar-refractivity contribution in [3.8, 4) is 0 Å². The molecule has 0 radical (unpaired) electrons. The molecule has 0 saturated carbocycles. The van der Waals surface area contributed by atoms with Gasteiger partial charge in [0, 0.05) is 19.5 Å². The van der Waals surface area contributed by atoms with E-state index in [9.17, 15) is 4.79 Å². The molecule has 0 fully saturated rings. The molecule has 0 aliphatic rings. The van der Waals surface area contributed by atoms with Gasteiger partial charge in [-0.15, -0.1) is 0 Å². The van der Waals surface area contributed by atoms with E-state index in [2.05, 4.69) is 0 Å². The molecule has 1 atom stereocenters. The second-order valence-electron chi connectivity index (χ2n) is 2.37. The number of thioether (sulfide) groups is 1. The van der Waals surface area contributed by atoms with Crippen LogP contribution in [0.15, 0.2) is 0 Å². The van der Waals surface area contributed by atoms with Crippen molar-refractivity contribution < 1.29 is 14.6 Å². The van der Waals surface area contributed by atoms with Gasteiger partial charge in [-0.3, -0.25) is 4.79 Å². The summed E-state index contributed by atoms with van der Waals surface area (Å²) < 4.78 is 4.84. The van der Waals surface area contributed by atoms with Gasteiger partial charge in [-0.05, 0) is 12.2 Å². The van der Waals surface area contributed by atoms with E-state index in [0.717, 1.165) is 18.8 Å². The molecule has 0 amide bonds. The molecular weight excluding hydrogens is 178 g/mol. The van der Waals surface area contributed by atoms with Crippen LogP contribution in [-0.2, 0) is 9.53 Å². The Kier molecular flexibility index (Phi) is 7.23. The Hall–Kier alpha value is -0.260. The fourth-order valence-corrected chi connectivity index (χ4v) is 1.47. The van der Waals surface area contributed by atoms with Crippen LogP contribution < -0.4 is 5.73 Å². The molecule has 72 valence electrons. The highest BCUT2D eigenvalue weighted by atomic mass is 32.2. The molecule has 0 aromatic rings. The molecule has 5 heteroatoms. The van der Waals surface area contributed by atoms with Gasteiger partial charge in [-0.2, -0.15) is 11.8 Å². The number of aliphatic carboxylic acids is 1. The lowest BCUT2D eigenvalue weighted by molar-refractivity contribution is -0.137. The largest absolute Gasteiger partial charge is 0.480 e. The molecule has 4 nitrogen and oxygen atoms in total. The number of methoxy groups -OCH3 is 1. The Bertz CT molecular complexity index is 132. The number of ether oxygens (including phenoxy) is 1. The van der Waals surface area contributed by atoms with Crippen LogP contribution in [0.3, 0.4) is 0 Å². The summed E-state index contributed by atoms with van der Waals surface area (Å²) in [4.78, 5) is 10.3. The van der Waals surface area contributed by atoms with Crippen molar-refractivity contribution in [1.29, 1.82) is 0 Å². The second-order valence-corrected chi connectivity index (χ2v) is 3.52. The number of carbonyl (C=O) groups is 1. The zero-order valence-electron chi connectivity index (χ0n) is 7.16. The maximum atomic E-state index is 10.3. The molecule has 3 N–H and O–H groups in total. The molecule has 0 aliphatic carbocycles. The van der Waals surface area contributed by atoms with E-state index in [-0.39, 0.29) is 0 Å². The van der Waals surface area contributed by atoms with Gasteiger partial charge in [0.1, 0.15) is 6.04 Å². The van der Waals surface area contributed by atoms with Gasteiger partial charge in [-0.25, -0.2) is 0 Å². The zero-order chi connectivity index (χ0) is 9.40. The van der Waals surface area contributed by atoms with E-state index < -0.39 is 12.0 Å². The first-order valence-corrected chi connectivity index (χ1v) is 4.89. The number of nitrogens with two attached hydrogens (primary N) is 1. The fraction of sp³-hybridized carbons (Fsp3) is 0.857. The SMILES string of the molecule is COCCCSCC(N)C(=O)O. The molecule has 0 spiro atoms. The van der Waals surface area contributed by atoms with E-state index in [1.165, 1.54) is 0 Å². The predicted octanol–water partition coefficient (Wildman–Crippen LogP) is 0.168. The highest BCUT2D eigenvalue weighted by Crippen LogP contribution is 2.03. The lowest BCUT2D eigenvalue weighted by atomic mass is 10.4. The number of hydrogen-bond acceptors (Lipinski definition) is 4. The third-order valence-electron chi connectivity index (χ3n) is 1.25. The van der Waals surface area contributed by atoms with Crippen molar-refractivity contribution in [2.45, 2.75) is 12.5 Å². The minimum atomic E-state index is -0.936. The minimum Gasteiger partial charge on any atom is -0.480 e. The Balaban J connectivity index is 3.14. The van der Waals surface area contributed by atoms with Crippen molar-refractivity contribution in [2.75, 3.05) is 25.2 Å². The van der Waals surface area contributed by atoms with Crippen molar-refractivity contribution in [3.05, 3.63) is 0 Å². The Morgan fingerprint density at radius 1 is 1.75 bits per heavy atom. The highest BCUT2D eigenvalue weighted by Gasteiger charge is 2.09. The summed E-state index contributed by atoms with van der Waals surface area (Å²) in [6.07, 6.45) is 0.938. The quantitative estimate of drug-likeness (QED) is 0.564. The third kappa shape index (κ3) is 6.45. The van der Waals surface area contributed by atoms with Crippen molar-refractivity contribution in [2.24, 2.45) is 5.73 Å². The summed E-state index contributed by atoms with van der Waals surface area (Å²) in [5.41, 5.74) is 5.28. The number of carboxylic acids is 1. The van der Waals surface area contributed by atoms with Gasteiger partial charge in [0.05, 0.1) is 0 Å². The summed E-state index contributed by atoms with van der Waals surface area (Å²) >= 11 is 1.54. The highest BCUT2D eigenvalue weighted by molar-refractivity contribution is 7.99. The van der Waals surface area contributed by atoms with Crippen molar-refractivity contribution in [1.82, 2.24) is 0 Å². The van der Waals surface area contributed by atoms with Crippen LogP contribution in [0, 0.1) is 0 Å². The van der Waals surface area contributed by atoms with Crippen LogP contribution in [0.1, 0.15) is 6.42 Å². The second kappa shape index (κ2) is 7.39. The molecule has 0 heterocycles. The van der Waals surface area contributed by atoms with Crippen LogP contribution in [-0.4, -0.2) is 42.3 Å². The topological polar surface area (TPSA) is 72.5 Å². The molecule has 0 aromatic heterocycles.